The van der Waals surface area contributed by atoms with Gasteiger partial charge in [-0.15, -0.1) is 0 Å². The zero-order chi connectivity index (χ0) is 31.5. The number of pyridine rings is 1. The largest absolute Gasteiger partial charge is 0.481 e. The van der Waals surface area contributed by atoms with E-state index in [9.17, 15) is 19.6 Å². The first-order chi connectivity index (χ1) is 20.6. The van der Waals surface area contributed by atoms with E-state index in [1.165, 1.54) is 11.8 Å². The second-order valence-electron chi connectivity index (χ2n) is 12.3. The number of thiocarbonyl (C=S) groups is 1. The Bertz CT molecular complexity index is 1290. The average molecular weight is 629 g/mol. The summed E-state index contributed by atoms with van der Waals surface area (Å²) in [7, 11) is 0. The summed E-state index contributed by atoms with van der Waals surface area (Å²) in [5.74, 6) is 0.927. The molecular formula is C33H48N4O4S2. The Balaban J connectivity index is 1.78. The van der Waals surface area contributed by atoms with Crippen molar-refractivity contribution >= 4 is 52.1 Å². The Kier molecular flexibility index (Phi) is 13.8. The van der Waals surface area contributed by atoms with Gasteiger partial charge in [-0.25, -0.2) is 0 Å². The van der Waals surface area contributed by atoms with Crippen LogP contribution in [0, 0.1) is 30.1 Å². The number of aliphatic carboxylic acids is 1. The fourth-order valence-corrected chi connectivity index (χ4v) is 7.57. The Morgan fingerprint density at radius 3 is 2.21 bits per heavy atom. The van der Waals surface area contributed by atoms with Gasteiger partial charge >= 0.3 is 5.97 Å². The first-order valence-corrected chi connectivity index (χ1v) is 17.2. The highest BCUT2D eigenvalue weighted by Crippen LogP contribution is 2.37. The molecule has 236 valence electrons. The maximum atomic E-state index is 13.6. The standard InChI is InChI=1S/C33H48N4O4S2/c1-5-6-16-36-30(35-21-23(2)18-24(3)22-35)26(25(4)27(20-34)31(36)40)19-28-32(41)37(33(42)43-28)17-14-12-10-8-7-9-11-13-15-29(38)39/h19,23-24H,5-18,21-22H2,1-4H3,(H,38,39)/b28-19-. The van der Waals surface area contributed by atoms with Gasteiger partial charge in [-0.05, 0) is 56.1 Å². The molecule has 0 aromatic carbocycles. The Hall–Kier alpha value is -2.64. The molecule has 2 fully saturated rings. The van der Waals surface area contributed by atoms with Gasteiger partial charge in [0.1, 0.15) is 21.8 Å². The van der Waals surface area contributed by atoms with E-state index in [-0.39, 0.29) is 23.5 Å². The van der Waals surface area contributed by atoms with Gasteiger partial charge in [-0.1, -0.05) is 89.7 Å². The van der Waals surface area contributed by atoms with Crippen LogP contribution >= 0.6 is 24.0 Å². The van der Waals surface area contributed by atoms with Gasteiger partial charge < -0.3 is 10.0 Å². The summed E-state index contributed by atoms with van der Waals surface area (Å²) in [6, 6.07) is 2.15. The number of carboxylic acids is 1. The van der Waals surface area contributed by atoms with E-state index in [0.717, 1.165) is 95.1 Å². The molecule has 2 unspecified atom stereocenters. The quantitative estimate of drug-likeness (QED) is 0.117. The first kappa shape index (κ1) is 34.8. The van der Waals surface area contributed by atoms with Crippen LogP contribution in [0.15, 0.2) is 9.70 Å². The molecule has 2 atom stereocenters. The van der Waals surface area contributed by atoms with Crippen LogP contribution in [0.2, 0.25) is 0 Å². The Morgan fingerprint density at radius 1 is 1.02 bits per heavy atom. The molecule has 1 amide bonds. The number of carbonyl (C=O) groups is 2. The van der Waals surface area contributed by atoms with E-state index in [1.807, 2.05) is 13.0 Å². The average Bonchev–Trinajstić information content (AvgIpc) is 3.21. The summed E-state index contributed by atoms with van der Waals surface area (Å²) in [6.07, 6.45) is 12.9. The van der Waals surface area contributed by atoms with Gasteiger partial charge in [-0.3, -0.25) is 23.9 Å². The minimum Gasteiger partial charge on any atom is -0.481 e. The number of rotatable bonds is 16. The fraction of sp³-hybridized carbons (Fsp3) is 0.667. The molecule has 1 N–H and O–H groups in total. The van der Waals surface area contributed by atoms with Gasteiger partial charge in [0.25, 0.3) is 11.5 Å². The number of carbonyl (C=O) groups excluding carboxylic acids is 1. The molecular weight excluding hydrogens is 581 g/mol. The van der Waals surface area contributed by atoms with Crippen molar-refractivity contribution in [3.05, 3.63) is 31.9 Å². The molecule has 3 rings (SSSR count). The van der Waals surface area contributed by atoms with Crippen molar-refractivity contribution in [3.63, 3.8) is 0 Å². The van der Waals surface area contributed by atoms with Crippen molar-refractivity contribution in [2.45, 2.75) is 111 Å². The third-order valence-electron chi connectivity index (χ3n) is 8.42. The number of unbranched alkanes of at least 4 members (excludes halogenated alkanes) is 8. The second kappa shape index (κ2) is 17.0. The topological polar surface area (TPSA) is 107 Å². The van der Waals surface area contributed by atoms with Crippen molar-refractivity contribution in [2.75, 3.05) is 24.5 Å². The normalized spacial score (nSPS) is 19.8. The van der Waals surface area contributed by atoms with E-state index >= 15 is 0 Å². The van der Waals surface area contributed by atoms with E-state index in [1.54, 1.807) is 9.47 Å². The van der Waals surface area contributed by atoms with Crippen molar-refractivity contribution < 1.29 is 14.7 Å². The first-order valence-electron chi connectivity index (χ1n) is 16.0. The van der Waals surface area contributed by atoms with E-state index in [0.29, 0.717) is 39.7 Å². The summed E-state index contributed by atoms with van der Waals surface area (Å²) in [6.45, 7) is 11.1. The molecule has 43 heavy (non-hydrogen) atoms. The predicted octanol–water partition coefficient (Wildman–Crippen LogP) is 7.11. The number of anilines is 1. The summed E-state index contributed by atoms with van der Waals surface area (Å²) in [5.41, 5.74) is 1.28. The molecule has 2 saturated heterocycles. The molecule has 2 aliphatic heterocycles. The number of thioether (sulfide) groups is 1. The van der Waals surface area contributed by atoms with Gasteiger partial charge in [-0.2, -0.15) is 5.26 Å². The van der Waals surface area contributed by atoms with Crippen molar-refractivity contribution in [1.29, 1.82) is 5.26 Å². The van der Waals surface area contributed by atoms with Crippen LogP contribution in [-0.4, -0.2) is 50.4 Å². The van der Waals surface area contributed by atoms with E-state index < -0.39 is 5.97 Å². The number of hydrogen-bond acceptors (Lipinski definition) is 7. The molecule has 0 radical (unpaired) electrons. The number of hydrogen-bond donors (Lipinski definition) is 1. The predicted molar refractivity (Wildman–Crippen MR) is 179 cm³/mol. The summed E-state index contributed by atoms with van der Waals surface area (Å²) in [5, 5.41) is 18.7. The lowest BCUT2D eigenvalue weighted by Gasteiger charge is -2.39. The maximum absolute atomic E-state index is 13.6. The molecule has 0 aliphatic carbocycles. The van der Waals surface area contributed by atoms with E-state index in [4.69, 9.17) is 17.3 Å². The summed E-state index contributed by atoms with van der Waals surface area (Å²) >= 11 is 6.93. The minimum atomic E-state index is -0.727. The van der Waals surface area contributed by atoms with Crippen molar-refractivity contribution in [1.82, 2.24) is 9.47 Å². The third-order valence-corrected chi connectivity index (χ3v) is 9.80. The number of nitrogens with zero attached hydrogens (tertiary/aromatic N) is 4. The van der Waals surface area contributed by atoms with Gasteiger partial charge in [0, 0.05) is 38.2 Å². The van der Waals surface area contributed by atoms with E-state index in [2.05, 4.69) is 31.7 Å². The lowest BCUT2D eigenvalue weighted by Crippen LogP contribution is -2.43. The smallest absolute Gasteiger partial charge is 0.303 e. The zero-order valence-electron chi connectivity index (χ0n) is 26.3. The molecule has 0 saturated carbocycles. The van der Waals surface area contributed by atoms with Crippen LogP contribution in [-0.2, 0) is 16.1 Å². The van der Waals surface area contributed by atoms with Crippen LogP contribution in [0.5, 0.6) is 0 Å². The number of nitriles is 1. The number of aromatic nitrogens is 1. The van der Waals surface area contributed by atoms with Crippen LogP contribution in [0.1, 0.15) is 115 Å². The molecule has 1 aromatic rings. The molecule has 0 bridgehead atoms. The Labute approximate surface area is 266 Å². The van der Waals surface area contributed by atoms with Crippen LogP contribution in [0.25, 0.3) is 6.08 Å². The van der Waals surface area contributed by atoms with Crippen molar-refractivity contribution in [3.8, 4) is 6.07 Å². The van der Waals surface area contributed by atoms with Gasteiger partial charge in [0.05, 0.1) is 4.91 Å². The monoisotopic (exact) mass is 628 g/mol. The molecule has 10 heteroatoms. The minimum absolute atomic E-state index is 0.107. The zero-order valence-corrected chi connectivity index (χ0v) is 28.0. The fourth-order valence-electron chi connectivity index (χ4n) is 6.28. The Morgan fingerprint density at radius 2 is 1.63 bits per heavy atom. The highest BCUT2D eigenvalue weighted by molar-refractivity contribution is 8.26. The number of amides is 1. The highest BCUT2D eigenvalue weighted by Gasteiger charge is 2.34. The second-order valence-corrected chi connectivity index (χ2v) is 14.0. The number of piperidine rings is 1. The summed E-state index contributed by atoms with van der Waals surface area (Å²) in [4.78, 5) is 42.3. The number of carboxylic acid groups (broad SMARTS) is 1. The molecule has 1 aromatic heterocycles. The van der Waals surface area contributed by atoms with Crippen LogP contribution in [0.4, 0.5) is 5.82 Å². The maximum Gasteiger partial charge on any atom is 0.303 e. The van der Waals surface area contributed by atoms with Gasteiger partial charge in [0.15, 0.2) is 0 Å². The summed E-state index contributed by atoms with van der Waals surface area (Å²) < 4.78 is 2.33. The highest BCUT2D eigenvalue weighted by atomic mass is 32.2. The SMILES string of the molecule is CCCCn1c(N2CC(C)CC(C)C2)c(/C=C2\SC(=S)N(CCCCCCCCCCC(=O)O)C2=O)c(C)c(C#N)c1=O. The van der Waals surface area contributed by atoms with Crippen LogP contribution in [0.3, 0.4) is 0 Å². The molecule has 3 heterocycles. The lowest BCUT2D eigenvalue weighted by atomic mass is 9.91. The molecule has 8 nitrogen and oxygen atoms in total. The van der Waals surface area contributed by atoms with Gasteiger partial charge in [0.2, 0.25) is 0 Å². The van der Waals surface area contributed by atoms with Crippen LogP contribution < -0.4 is 10.5 Å². The molecule has 2 aliphatic rings. The van der Waals surface area contributed by atoms with Crippen molar-refractivity contribution in [2.24, 2.45) is 11.8 Å². The molecule has 0 spiro atoms. The lowest BCUT2D eigenvalue weighted by molar-refractivity contribution is -0.137. The third kappa shape index (κ3) is 9.42.